The zero-order valence-electron chi connectivity index (χ0n) is 11.6. The van der Waals surface area contributed by atoms with Gasteiger partial charge in [0.25, 0.3) is 5.95 Å². The fourth-order valence-electron chi connectivity index (χ4n) is 2.11. The Kier molecular flexibility index (Phi) is 5.56. The van der Waals surface area contributed by atoms with Gasteiger partial charge in [-0.15, -0.1) is 0 Å². The Balaban J connectivity index is 1.91. The van der Waals surface area contributed by atoms with Crippen LogP contribution in [0.1, 0.15) is 12.8 Å². The molecule has 7 nitrogen and oxygen atoms in total. The average Bonchev–Trinajstić information content (AvgIpc) is 2.89. The molecule has 0 aliphatic carbocycles. The summed E-state index contributed by atoms with van der Waals surface area (Å²) in [7, 11) is 1.69. The number of hydrogen-bond donors (Lipinski definition) is 1. The number of nitrogens with one attached hydrogen (secondary N) is 1. The molecule has 1 unspecified atom stereocenters. The number of ether oxygens (including phenoxy) is 2. The first-order valence-corrected chi connectivity index (χ1v) is 6.71. The van der Waals surface area contributed by atoms with Gasteiger partial charge in [0.1, 0.15) is 0 Å². The Bertz CT molecular complexity index is 360. The van der Waals surface area contributed by atoms with Crippen molar-refractivity contribution in [3.8, 4) is 0 Å². The molecule has 1 aromatic rings. The van der Waals surface area contributed by atoms with Crippen molar-refractivity contribution in [1.82, 2.24) is 15.5 Å². The summed E-state index contributed by atoms with van der Waals surface area (Å²) in [6.07, 6.45) is 0.680. The molecular formula is C12H22N4O3. The van der Waals surface area contributed by atoms with E-state index in [0.717, 1.165) is 19.6 Å². The second-order valence-electron chi connectivity index (χ2n) is 4.50. The van der Waals surface area contributed by atoms with E-state index in [-0.39, 0.29) is 6.04 Å². The first-order chi connectivity index (χ1) is 9.33. The second kappa shape index (κ2) is 7.42. The van der Waals surface area contributed by atoms with Gasteiger partial charge in [0.05, 0.1) is 19.8 Å². The van der Waals surface area contributed by atoms with Gasteiger partial charge in [0.2, 0.25) is 5.89 Å². The first-order valence-electron chi connectivity index (χ1n) is 6.71. The minimum atomic E-state index is 0.202. The lowest BCUT2D eigenvalue weighted by Gasteiger charge is -2.24. The maximum Gasteiger partial charge on any atom is 0.266 e. The Labute approximate surface area is 113 Å². The van der Waals surface area contributed by atoms with E-state index in [1.807, 2.05) is 0 Å². The highest BCUT2D eigenvalue weighted by atomic mass is 16.5. The van der Waals surface area contributed by atoms with Crippen LogP contribution in [-0.2, 0) is 15.9 Å². The van der Waals surface area contributed by atoms with E-state index in [1.165, 1.54) is 0 Å². The van der Waals surface area contributed by atoms with Gasteiger partial charge in [-0.25, -0.2) is 0 Å². The number of hydrogen-bond acceptors (Lipinski definition) is 7. The average molecular weight is 270 g/mol. The van der Waals surface area contributed by atoms with Crippen molar-refractivity contribution in [2.45, 2.75) is 19.4 Å². The van der Waals surface area contributed by atoms with Gasteiger partial charge in [-0.05, 0) is 11.7 Å². The predicted octanol–water partition coefficient (Wildman–Crippen LogP) is 0.0732. The van der Waals surface area contributed by atoms with Crippen LogP contribution in [0.3, 0.4) is 0 Å². The number of anilines is 1. The molecule has 0 spiro atoms. The maximum atomic E-state index is 5.30. The zero-order valence-corrected chi connectivity index (χ0v) is 11.6. The van der Waals surface area contributed by atoms with Crippen LogP contribution in [0.2, 0.25) is 0 Å². The molecule has 1 saturated heterocycles. The summed E-state index contributed by atoms with van der Waals surface area (Å²) in [4.78, 5) is 6.51. The van der Waals surface area contributed by atoms with Gasteiger partial charge < -0.3 is 24.2 Å². The van der Waals surface area contributed by atoms with Crippen molar-refractivity contribution in [2.24, 2.45) is 0 Å². The van der Waals surface area contributed by atoms with Crippen LogP contribution in [0.5, 0.6) is 0 Å². The summed E-state index contributed by atoms with van der Waals surface area (Å²) >= 11 is 0. The molecule has 19 heavy (non-hydrogen) atoms. The molecule has 1 aromatic heterocycles. The van der Waals surface area contributed by atoms with Crippen LogP contribution >= 0.6 is 0 Å². The quantitative estimate of drug-likeness (QED) is 0.751. The number of rotatable bonds is 7. The number of aromatic nitrogens is 2. The van der Waals surface area contributed by atoms with Gasteiger partial charge in [0, 0.05) is 32.7 Å². The molecule has 1 atom stereocenters. The van der Waals surface area contributed by atoms with E-state index in [9.17, 15) is 0 Å². The highest BCUT2D eigenvalue weighted by Crippen LogP contribution is 2.12. The molecular weight excluding hydrogens is 248 g/mol. The third-order valence-electron chi connectivity index (χ3n) is 3.03. The fraction of sp³-hybridized carbons (Fsp3) is 0.833. The summed E-state index contributed by atoms with van der Waals surface area (Å²) in [5.41, 5.74) is 0. The molecule has 7 heteroatoms. The van der Waals surface area contributed by atoms with Gasteiger partial charge in [-0.3, -0.25) is 0 Å². The second-order valence-corrected chi connectivity index (χ2v) is 4.50. The lowest BCUT2D eigenvalue weighted by Crippen LogP contribution is -2.37. The van der Waals surface area contributed by atoms with Gasteiger partial charge in [-0.2, -0.15) is 4.98 Å². The molecule has 2 heterocycles. The Morgan fingerprint density at radius 1 is 1.42 bits per heavy atom. The van der Waals surface area contributed by atoms with Crippen LogP contribution < -0.4 is 10.2 Å². The van der Waals surface area contributed by atoms with Crippen LogP contribution in [0, 0.1) is 0 Å². The highest BCUT2D eigenvalue weighted by molar-refractivity contribution is 5.28. The predicted molar refractivity (Wildman–Crippen MR) is 70.4 cm³/mol. The van der Waals surface area contributed by atoms with Crippen molar-refractivity contribution in [1.29, 1.82) is 0 Å². The van der Waals surface area contributed by atoms with E-state index in [2.05, 4.69) is 27.3 Å². The standard InChI is InChI=1S/C12H22N4O3/c1-3-13-10(9-17-2)8-11-14-12(15-19-11)16-4-6-18-7-5-16/h10,13H,3-9H2,1-2H3. The fourth-order valence-corrected chi connectivity index (χ4v) is 2.11. The minimum Gasteiger partial charge on any atom is -0.383 e. The summed E-state index contributed by atoms with van der Waals surface area (Å²) in [6, 6.07) is 0.202. The molecule has 1 aliphatic rings. The van der Waals surface area contributed by atoms with Crippen molar-refractivity contribution in [3.05, 3.63) is 5.89 Å². The molecule has 0 aromatic carbocycles. The van der Waals surface area contributed by atoms with Gasteiger partial charge >= 0.3 is 0 Å². The lowest BCUT2D eigenvalue weighted by atomic mass is 10.2. The Hall–Kier alpha value is -1.18. The Morgan fingerprint density at radius 2 is 2.21 bits per heavy atom. The van der Waals surface area contributed by atoms with Gasteiger partial charge in [-0.1, -0.05) is 6.92 Å². The van der Waals surface area contributed by atoms with E-state index in [1.54, 1.807) is 7.11 Å². The summed E-state index contributed by atoms with van der Waals surface area (Å²) in [6.45, 7) is 6.64. The monoisotopic (exact) mass is 270 g/mol. The first kappa shape index (κ1) is 14.2. The van der Waals surface area contributed by atoms with Crippen molar-refractivity contribution in [3.63, 3.8) is 0 Å². The van der Waals surface area contributed by atoms with Crippen molar-refractivity contribution < 1.29 is 14.0 Å². The van der Waals surface area contributed by atoms with E-state index < -0.39 is 0 Å². The topological polar surface area (TPSA) is 72.7 Å². The van der Waals surface area contributed by atoms with Crippen LogP contribution in [-0.4, -0.2) is 62.7 Å². The number of methoxy groups -OCH3 is 1. The third kappa shape index (κ3) is 4.15. The summed E-state index contributed by atoms with van der Waals surface area (Å²) in [5, 5.41) is 7.36. The largest absolute Gasteiger partial charge is 0.383 e. The molecule has 1 N–H and O–H groups in total. The maximum absolute atomic E-state index is 5.30. The van der Waals surface area contributed by atoms with E-state index in [4.69, 9.17) is 14.0 Å². The molecule has 1 fully saturated rings. The van der Waals surface area contributed by atoms with Crippen molar-refractivity contribution >= 4 is 5.95 Å². The van der Waals surface area contributed by atoms with Crippen LogP contribution in [0.25, 0.3) is 0 Å². The molecule has 0 amide bonds. The van der Waals surface area contributed by atoms with Gasteiger partial charge in [0.15, 0.2) is 0 Å². The Morgan fingerprint density at radius 3 is 2.89 bits per heavy atom. The molecule has 0 bridgehead atoms. The lowest BCUT2D eigenvalue weighted by molar-refractivity contribution is 0.121. The molecule has 0 radical (unpaired) electrons. The molecule has 0 saturated carbocycles. The minimum absolute atomic E-state index is 0.202. The molecule has 1 aliphatic heterocycles. The smallest absolute Gasteiger partial charge is 0.266 e. The SMILES string of the molecule is CCNC(COC)Cc1nc(N2CCOCC2)no1. The number of nitrogens with zero attached hydrogens (tertiary/aromatic N) is 3. The van der Waals surface area contributed by atoms with E-state index >= 15 is 0 Å². The zero-order chi connectivity index (χ0) is 13.5. The number of likely N-dealkylation sites (N-methyl/N-ethyl adjacent to an activating group) is 1. The van der Waals surface area contributed by atoms with Crippen molar-refractivity contribution in [2.75, 3.05) is 51.5 Å². The third-order valence-corrected chi connectivity index (χ3v) is 3.03. The van der Waals surface area contributed by atoms with E-state index in [0.29, 0.717) is 38.1 Å². The van der Waals surface area contributed by atoms with Crippen LogP contribution in [0.15, 0.2) is 4.52 Å². The molecule has 108 valence electrons. The highest BCUT2D eigenvalue weighted by Gasteiger charge is 2.19. The number of morpholine rings is 1. The summed E-state index contributed by atoms with van der Waals surface area (Å²) < 4.78 is 15.8. The summed E-state index contributed by atoms with van der Waals surface area (Å²) in [5.74, 6) is 1.30. The van der Waals surface area contributed by atoms with Crippen LogP contribution in [0.4, 0.5) is 5.95 Å². The molecule has 2 rings (SSSR count). The normalized spacial score (nSPS) is 17.7.